The highest BCUT2D eigenvalue weighted by Gasteiger charge is 2.19. The number of amides is 1. The molecule has 0 aliphatic carbocycles. The maximum absolute atomic E-state index is 12.1. The Morgan fingerprint density at radius 3 is 2.54 bits per heavy atom. The number of nitrogens with zero attached hydrogens (tertiary/aromatic N) is 1. The van der Waals surface area contributed by atoms with Gasteiger partial charge in [0, 0.05) is 20.1 Å². The number of nitrogens with one attached hydrogen (secondary N) is 1. The Kier molecular flexibility index (Phi) is 8.74. The molecule has 7 nitrogen and oxygen atoms in total. The maximum atomic E-state index is 12.1. The van der Waals surface area contributed by atoms with Crippen LogP contribution in [0.3, 0.4) is 0 Å². The molecule has 1 atom stereocenters. The minimum atomic E-state index is -3.64. The minimum absolute atomic E-state index is 0.00838. The lowest BCUT2D eigenvalue weighted by atomic mass is 10.1. The van der Waals surface area contributed by atoms with Crippen LogP contribution in [-0.4, -0.2) is 51.3 Å². The van der Waals surface area contributed by atoms with E-state index >= 15 is 0 Å². The van der Waals surface area contributed by atoms with Crippen molar-refractivity contribution in [3.05, 3.63) is 29.8 Å². The van der Waals surface area contributed by atoms with E-state index in [2.05, 4.69) is 12.2 Å². The van der Waals surface area contributed by atoms with Gasteiger partial charge in [-0.2, -0.15) is 0 Å². The molecular weight excluding hydrogens is 356 g/mol. The highest BCUT2D eigenvalue weighted by molar-refractivity contribution is 7.89. The summed E-state index contributed by atoms with van der Waals surface area (Å²) in [7, 11) is -0.827. The van der Waals surface area contributed by atoms with Gasteiger partial charge in [-0.3, -0.25) is 4.79 Å². The van der Waals surface area contributed by atoms with Crippen LogP contribution in [0, 0.1) is 0 Å². The molecule has 0 radical (unpaired) electrons. The Hall–Kier alpha value is -1.93. The third-order valence-electron chi connectivity index (χ3n) is 3.83. The van der Waals surface area contributed by atoms with Crippen molar-refractivity contribution in [2.75, 3.05) is 20.7 Å². The van der Waals surface area contributed by atoms with E-state index in [-0.39, 0.29) is 22.4 Å². The molecule has 0 saturated carbocycles. The quantitative estimate of drug-likeness (QED) is 0.493. The molecule has 8 heteroatoms. The third-order valence-corrected chi connectivity index (χ3v) is 5.64. The molecule has 146 valence electrons. The minimum Gasteiger partial charge on any atom is -0.452 e. The number of hydrogen-bond donors (Lipinski definition) is 1. The summed E-state index contributed by atoms with van der Waals surface area (Å²) in [5, 5.41) is 2.78. The number of hydrogen-bond acceptors (Lipinski definition) is 5. The molecule has 1 rings (SSSR count). The highest BCUT2D eigenvalue weighted by Crippen LogP contribution is 2.15. The molecule has 1 amide bonds. The van der Waals surface area contributed by atoms with Gasteiger partial charge in [0.05, 0.1) is 10.5 Å². The summed E-state index contributed by atoms with van der Waals surface area (Å²) < 4.78 is 30.3. The second kappa shape index (κ2) is 10.3. The van der Waals surface area contributed by atoms with Crippen molar-refractivity contribution < 1.29 is 22.7 Å². The molecule has 0 spiro atoms. The number of carbonyl (C=O) groups is 2. The number of benzene rings is 1. The Morgan fingerprint density at radius 1 is 1.23 bits per heavy atom. The highest BCUT2D eigenvalue weighted by atomic mass is 32.2. The van der Waals surface area contributed by atoms with Crippen LogP contribution in [0.4, 0.5) is 0 Å². The van der Waals surface area contributed by atoms with Crippen molar-refractivity contribution >= 4 is 21.9 Å². The lowest BCUT2D eigenvalue weighted by Crippen LogP contribution is -2.35. The van der Waals surface area contributed by atoms with Crippen LogP contribution in [-0.2, 0) is 19.6 Å². The maximum Gasteiger partial charge on any atom is 0.338 e. The summed E-state index contributed by atoms with van der Waals surface area (Å²) in [6, 6.07) is 5.56. The zero-order valence-electron chi connectivity index (χ0n) is 15.8. The van der Waals surface area contributed by atoms with Gasteiger partial charge in [0.2, 0.25) is 10.0 Å². The third kappa shape index (κ3) is 6.76. The summed E-state index contributed by atoms with van der Waals surface area (Å²) in [5.41, 5.74) is 0.0803. The number of ether oxygens (including phenoxy) is 1. The summed E-state index contributed by atoms with van der Waals surface area (Å²) in [5.74, 6) is -1.12. The normalized spacial score (nSPS) is 12.7. The van der Waals surface area contributed by atoms with Crippen LogP contribution < -0.4 is 5.32 Å². The SMILES string of the molecule is CCCCC[C@@H](C)NC(=O)COC(=O)c1cccc(S(=O)(=O)N(C)C)c1. The van der Waals surface area contributed by atoms with Crippen LogP contribution in [0.5, 0.6) is 0 Å². The monoisotopic (exact) mass is 384 g/mol. The van der Waals surface area contributed by atoms with Gasteiger partial charge in [-0.15, -0.1) is 0 Å². The van der Waals surface area contributed by atoms with Crippen LogP contribution in [0.2, 0.25) is 0 Å². The number of carbonyl (C=O) groups excluding carboxylic acids is 2. The number of esters is 1. The zero-order valence-corrected chi connectivity index (χ0v) is 16.6. The van der Waals surface area contributed by atoms with E-state index in [9.17, 15) is 18.0 Å². The molecule has 0 aliphatic rings. The average molecular weight is 384 g/mol. The number of rotatable bonds is 10. The van der Waals surface area contributed by atoms with E-state index in [4.69, 9.17) is 4.74 Å². The van der Waals surface area contributed by atoms with E-state index < -0.39 is 22.6 Å². The van der Waals surface area contributed by atoms with E-state index in [1.54, 1.807) is 0 Å². The van der Waals surface area contributed by atoms with Crippen LogP contribution in [0.1, 0.15) is 49.9 Å². The summed E-state index contributed by atoms with van der Waals surface area (Å²) in [4.78, 5) is 23.9. The van der Waals surface area contributed by atoms with Gasteiger partial charge in [-0.25, -0.2) is 17.5 Å². The molecule has 0 aliphatic heterocycles. The Bertz CT molecular complexity index is 716. The largest absolute Gasteiger partial charge is 0.452 e. The topological polar surface area (TPSA) is 92.8 Å². The first-order valence-electron chi connectivity index (χ1n) is 8.67. The lowest BCUT2D eigenvalue weighted by molar-refractivity contribution is -0.124. The van der Waals surface area contributed by atoms with Crippen molar-refractivity contribution in [1.82, 2.24) is 9.62 Å². The molecule has 0 unspecified atom stereocenters. The first-order chi connectivity index (χ1) is 12.2. The molecule has 26 heavy (non-hydrogen) atoms. The van der Waals surface area contributed by atoms with Crippen LogP contribution >= 0.6 is 0 Å². The molecule has 0 fully saturated rings. The standard InChI is InChI=1S/C18H28N2O5S/c1-5-6-7-9-14(2)19-17(21)13-25-18(22)15-10-8-11-16(12-15)26(23,24)20(3)4/h8,10-12,14H,5-7,9,13H2,1-4H3,(H,19,21)/t14-/m1/s1. The molecule has 1 N–H and O–H groups in total. The van der Waals surface area contributed by atoms with Crippen molar-refractivity contribution in [2.24, 2.45) is 0 Å². The van der Waals surface area contributed by atoms with Gasteiger partial charge in [-0.05, 0) is 31.5 Å². The Balaban J connectivity index is 2.60. The van der Waals surface area contributed by atoms with Gasteiger partial charge >= 0.3 is 5.97 Å². The van der Waals surface area contributed by atoms with Crippen LogP contribution in [0.15, 0.2) is 29.2 Å². The van der Waals surface area contributed by atoms with Gasteiger partial charge in [0.1, 0.15) is 0 Å². The molecule has 0 aromatic heterocycles. The predicted octanol–water partition coefficient (Wildman–Crippen LogP) is 2.18. The second-order valence-electron chi connectivity index (χ2n) is 6.36. The fourth-order valence-electron chi connectivity index (χ4n) is 2.30. The molecule has 1 aromatic rings. The molecule has 0 bridgehead atoms. The molecule has 0 heterocycles. The second-order valence-corrected chi connectivity index (χ2v) is 8.51. The number of sulfonamides is 1. The summed E-state index contributed by atoms with van der Waals surface area (Å²) in [6.07, 6.45) is 4.13. The molecule has 0 saturated heterocycles. The van der Waals surface area contributed by atoms with Crippen molar-refractivity contribution in [3.63, 3.8) is 0 Å². The predicted molar refractivity (Wildman–Crippen MR) is 99.3 cm³/mol. The van der Waals surface area contributed by atoms with Gasteiger partial charge in [0.25, 0.3) is 5.91 Å². The van der Waals surface area contributed by atoms with Crippen molar-refractivity contribution in [1.29, 1.82) is 0 Å². The molecule has 1 aromatic carbocycles. The van der Waals surface area contributed by atoms with E-state index in [0.717, 1.165) is 30.0 Å². The van der Waals surface area contributed by atoms with Crippen molar-refractivity contribution in [3.8, 4) is 0 Å². The van der Waals surface area contributed by atoms with Gasteiger partial charge < -0.3 is 10.1 Å². The van der Waals surface area contributed by atoms with E-state index in [0.29, 0.717) is 0 Å². The van der Waals surface area contributed by atoms with E-state index in [1.165, 1.54) is 38.4 Å². The Labute approximate surface area is 155 Å². The van der Waals surface area contributed by atoms with Crippen molar-refractivity contribution in [2.45, 2.75) is 50.5 Å². The average Bonchev–Trinajstić information content (AvgIpc) is 2.59. The Morgan fingerprint density at radius 2 is 1.92 bits per heavy atom. The van der Waals surface area contributed by atoms with E-state index in [1.807, 2.05) is 6.92 Å². The smallest absolute Gasteiger partial charge is 0.338 e. The zero-order chi connectivity index (χ0) is 19.7. The first kappa shape index (κ1) is 22.1. The summed E-state index contributed by atoms with van der Waals surface area (Å²) in [6.45, 7) is 3.62. The fourth-order valence-corrected chi connectivity index (χ4v) is 3.25. The fraction of sp³-hybridized carbons (Fsp3) is 0.556. The van der Waals surface area contributed by atoms with Crippen LogP contribution in [0.25, 0.3) is 0 Å². The first-order valence-corrected chi connectivity index (χ1v) is 10.1. The van der Waals surface area contributed by atoms with Gasteiger partial charge in [-0.1, -0.05) is 32.3 Å². The molecular formula is C18H28N2O5S. The van der Waals surface area contributed by atoms with Gasteiger partial charge in [0.15, 0.2) is 6.61 Å². The summed E-state index contributed by atoms with van der Waals surface area (Å²) >= 11 is 0. The lowest BCUT2D eigenvalue weighted by Gasteiger charge is -2.14. The number of unbranched alkanes of at least 4 members (excludes halogenated alkanes) is 2.